The number of hydrogen-bond donors (Lipinski definition) is 0. The Bertz CT molecular complexity index is 806. The molecule has 0 unspecified atom stereocenters. The van der Waals surface area contributed by atoms with Crippen molar-refractivity contribution in [3.63, 3.8) is 0 Å². The average molecular weight is 416 g/mol. The highest BCUT2D eigenvalue weighted by atomic mass is 79.9. The van der Waals surface area contributed by atoms with Crippen molar-refractivity contribution in [1.82, 2.24) is 4.90 Å². The minimum Gasteiger partial charge on any atom is -0.447 e. The zero-order valence-electron chi connectivity index (χ0n) is 14.9. The topological polar surface area (TPSA) is 46.6 Å². The molecule has 4 nitrogen and oxygen atoms in total. The lowest BCUT2D eigenvalue weighted by molar-refractivity contribution is -0.130. The van der Waals surface area contributed by atoms with E-state index in [1.807, 2.05) is 62.4 Å². The Morgan fingerprint density at radius 1 is 1.27 bits per heavy atom. The average Bonchev–Trinajstić information content (AvgIpc) is 2.98. The Kier molecular flexibility index (Phi) is 5.77. The van der Waals surface area contributed by atoms with Crippen LogP contribution in [0.4, 0.5) is 4.79 Å². The summed E-state index contributed by atoms with van der Waals surface area (Å²) in [5, 5.41) is 0. The van der Waals surface area contributed by atoms with E-state index in [0.717, 1.165) is 21.2 Å². The number of hydrogen-bond acceptors (Lipinski definition) is 3. The maximum Gasteiger partial charge on any atom is 0.417 e. The van der Waals surface area contributed by atoms with Crippen LogP contribution in [0.2, 0.25) is 0 Å². The van der Waals surface area contributed by atoms with Gasteiger partial charge in [-0.3, -0.25) is 4.79 Å². The van der Waals surface area contributed by atoms with Crippen LogP contribution in [0.15, 0.2) is 53.0 Å². The molecule has 1 aliphatic rings. The van der Waals surface area contributed by atoms with Gasteiger partial charge < -0.3 is 4.74 Å². The standard InChI is InChI=1S/C21H22BrNO3/c1-3-18(19-10-9-16(22)11-14(19)2)20(24)23-17(13-26-21(23)25)12-15-7-5-4-6-8-15/h4-11,17-18H,3,12-13H2,1-2H3/t17-,18-/m0/s1. The van der Waals surface area contributed by atoms with Crippen molar-refractivity contribution in [2.45, 2.75) is 38.6 Å². The Labute approximate surface area is 162 Å². The van der Waals surface area contributed by atoms with Gasteiger partial charge in [0, 0.05) is 4.47 Å². The van der Waals surface area contributed by atoms with Crippen LogP contribution in [0.5, 0.6) is 0 Å². The molecule has 26 heavy (non-hydrogen) atoms. The summed E-state index contributed by atoms with van der Waals surface area (Å²) in [7, 11) is 0. The normalized spacial score (nSPS) is 17.9. The third-order valence-electron chi connectivity index (χ3n) is 4.83. The Balaban J connectivity index is 1.86. The minimum atomic E-state index is -0.538. The van der Waals surface area contributed by atoms with Gasteiger partial charge in [0.05, 0.1) is 12.0 Å². The number of nitrogens with zero attached hydrogens (tertiary/aromatic N) is 1. The van der Waals surface area contributed by atoms with Gasteiger partial charge in [-0.05, 0) is 48.6 Å². The van der Waals surface area contributed by atoms with Crippen molar-refractivity contribution >= 4 is 27.9 Å². The first-order valence-corrected chi connectivity index (χ1v) is 9.60. The van der Waals surface area contributed by atoms with Crippen LogP contribution < -0.4 is 0 Å². The fourth-order valence-corrected chi connectivity index (χ4v) is 3.97. The van der Waals surface area contributed by atoms with Crippen molar-refractivity contribution in [3.8, 4) is 0 Å². The monoisotopic (exact) mass is 415 g/mol. The summed E-state index contributed by atoms with van der Waals surface area (Å²) in [6.45, 7) is 4.20. The molecule has 0 saturated carbocycles. The van der Waals surface area contributed by atoms with Crippen molar-refractivity contribution in [2.75, 3.05) is 6.61 Å². The SMILES string of the molecule is CC[C@H](C(=O)N1C(=O)OC[C@@H]1Cc1ccccc1)c1ccc(Br)cc1C. The molecule has 2 aromatic carbocycles. The van der Waals surface area contributed by atoms with Crippen molar-refractivity contribution in [2.24, 2.45) is 0 Å². The minimum absolute atomic E-state index is 0.179. The number of ether oxygens (including phenoxy) is 1. The molecule has 0 spiro atoms. The van der Waals surface area contributed by atoms with E-state index in [0.29, 0.717) is 12.8 Å². The fraction of sp³-hybridized carbons (Fsp3) is 0.333. The lowest BCUT2D eigenvalue weighted by atomic mass is 9.91. The van der Waals surface area contributed by atoms with E-state index >= 15 is 0 Å². The van der Waals surface area contributed by atoms with Crippen LogP contribution in [0.1, 0.15) is 36.0 Å². The molecule has 5 heteroatoms. The first kappa shape index (κ1) is 18.6. The summed E-state index contributed by atoms with van der Waals surface area (Å²) in [5.41, 5.74) is 3.08. The maximum absolute atomic E-state index is 13.2. The van der Waals surface area contributed by atoms with Crippen LogP contribution in [0, 0.1) is 6.92 Å². The second kappa shape index (κ2) is 8.04. The predicted octanol–water partition coefficient (Wildman–Crippen LogP) is 4.84. The number of carbonyl (C=O) groups excluding carboxylic acids is 2. The van der Waals surface area contributed by atoms with E-state index in [2.05, 4.69) is 15.9 Å². The molecular weight excluding hydrogens is 394 g/mol. The third kappa shape index (κ3) is 3.83. The summed E-state index contributed by atoms with van der Waals surface area (Å²) in [6, 6.07) is 15.5. The molecule has 1 aliphatic heterocycles. The Morgan fingerprint density at radius 3 is 2.65 bits per heavy atom. The second-order valence-corrected chi connectivity index (χ2v) is 7.51. The predicted molar refractivity (Wildman–Crippen MR) is 104 cm³/mol. The van der Waals surface area contributed by atoms with Gasteiger partial charge in [-0.2, -0.15) is 0 Å². The zero-order chi connectivity index (χ0) is 18.7. The maximum atomic E-state index is 13.2. The molecular formula is C21H22BrNO3. The first-order chi connectivity index (χ1) is 12.5. The van der Waals surface area contributed by atoms with E-state index < -0.39 is 6.09 Å². The first-order valence-electron chi connectivity index (χ1n) is 8.81. The molecule has 0 aliphatic carbocycles. The third-order valence-corrected chi connectivity index (χ3v) is 5.32. The van der Waals surface area contributed by atoms with Crippen LogP contribution in [-0.2, 0) is 16.0 Å². The van der Waals surface area contributed by atoms with E-state index in [1.165, 1.54) is 4.90 Å². The van der Waals surface area contributed by atoms with E-state index in [9.17, 15) is 9.59 Å². The number of rotatable bonds is 5. The number of imide groups is 1. The number of carbonyl (C=O) groups is 2. The molecule has 0 aromatic heterocycles. The molecule has 136 valence electrons. The molecule has 0 radical (unpaired) electrons. The molecule has 2 aromatic rings. The van der Waals surface area contributed by atoms with Crippen molar-refractivity contribution < 1.29 is 14.3 Å². The molecule has 1 saturated heterocycles. The van der Waals surface area contributed by atoms with Crippen LogP contribution in [0.3, 0.4) is 0 Å². The highest BCUT2D eigenvalue weighted by Crippen LogP contribution is 2.30. The van der Waals surface area contributed by atoms with Gasteiger partial charge in [-0.25, -0.2) is 9.69 Å². The molecule has 0 bridgehead atoms. The lowest BCUT2D eigenvalue weighted by Crippen LogP contribution is -2.43. The van der Waals surface area contributed by atoms with Gasteiger partial charge in [0.2, 0.25) is 5.91 Å². The molecule has 1 fully saturated rings. The quantitative estimate of drug-likeness (QED) is 0.701. The summed E-state index contributed by atoms with van der Waals surface area (Å²) in [4.78, 5) is 26.8. The van der Waals surface area contributed by atoms with Crippen LogP contribution in [0.25, 0.3) is 0 Å². The number of cyclic esters (lactones) is 1. The van der Waals surface area contributed by atoms with E-state index in [4.69, 9.17) is 4.74 Å². The summed E-state index contributed by atoms with van der Waals surface area (Å²) in [5.74, 6) is -0.534. The summed E-state index contributed by atoms with van der Waals surface area (Å²) in [6.07, 6.45) is 0.696. The molecule has 2 atom stereocenters. The van der Waals surface area contributed by atoms with Gasteiger partial charge in [0.25, 0.3) is 0 Å². The summed E-state index contributed by atoms with van der Waals surface area (Å²) >= 11 is 3.46. The van der Waals surface area contributed by atoms with Crippen molar-refractivity contribution in [3.05, 3.63) is 69.7 Å². The largest absolute Gasteiger partial charge is 0.447 e. The van der Waals surface area contributed by atoms with Gasteiger partial charge >= 0.3 is 6.09 Å². The Hall–Kier alpha value is -2.14. The van der Waals surface area contributed by atoms with Crippen LogP contribution >= 0.6 is 15.9 Å². The molecule has 0 N–H and O–H groups in total. The lowest BCUT2D eigenvalue weighted by Gasteiger charge is -2.25. The molecule has 1 heterocycles. The van der Waals surface area contributed by atoms with E-state index in [-0.39, 0.29) is 24.5 Å². The van der Waals surface area contributed by atoms with Gasteiger partial charge in [-0.15, -0.1) is 0 Å². The van der Waals surface area contributed by atoms with Crippen LogP contribution in [-0.4, -0.2) is 29.5 Å². The fourth-order valence-electron chi connectivity index (χ4n) is 3.49. The molecule has 2 amide bonds. The highest BCUT2D eigenvalue weighted by molar-refractivity contribution is 9.10. The number of halogens is 1. The number of amides is 2. The smallest absolute Gasteiger partial charge is 0.417 e. The van der Waals surface area contributed by atoms with Gasteiger partial charge in [0.15, 0.2) is 0 Å². The van der Waals surface area contributed by atoms with Crippen molar-refractivity contribution in [1.29, 1.82) is 0 Å². The van der Waals surface area contributed by atoms with E-state index in [1.54, 1.807) is 0 Å². The highest BCUT2D eigenvalue weighted by Gasteiger charge is 2.40. The Morgan fingerprint density at radius 2 is 2.00 bits per heavy atom. The second-order valence-electron chi connectivity index (χ2n) is 6.59. The number of benzene rings is 2. The molecule has 3 rings (SSSR count). The van der Waals surface area contributed by atoms with Gasteiger partial charge in [-0.1, -0.05) is 59.3 Å². The number of aryl methyl sites for hydroxylation is 1. The zero-order valence-corrected chi connectivity index (χ0v) is 16.5. The summed E-state index contributed by atoms with van der Waals surface area (Å²) < 4.78 is 6.19. The van der Waals surface area contributed by atoms with Gasteiger partial charge in [0.1, 0.15) is 6.61 Å².